The number of ether oxygens (including phenoxy) is 1. The van der Waals surface area contributed by atoms with E-state index < -0.39 is 0 Å². The first-order valence-corrected chi connectivity index (χ1v) is 5.64. The van der Waals surface area contributed by atoms with Crippen LogP contribution < -0.4 is 4.74 Å². The highest BCUT2D eigenvalue weighted by Crippen LogP contribution is 2.23. The van der Waals surface area contributed by atoms with Crippen molar-refractivity contribution in [2.24, 2.45) is 5.92 Å². The molecule has 0 fully saturated rings. The van der Waals surface area contributed by atoms with Gasteiger partial charge in [-0.05, 0) is 18.6 Å². The number of aliphatic hydroxyl groups excluding tert-OH is 1. The van der Waals surface area contributed by atoms with E-state index in [0.717, 1.165) is 12.8 Å². The van der Waals surface area contributed by atoms with Crippen LogP contribution >= 0.6 is 11.6 Å². The molecule has 1 atom stereocenters. The van der Waals surface area contributed by atoms with Gasteiger partial charge in [0.25, 0.3) is 0 Å². The van der Waals surface area contributed by atoms with Crippen LogP contribution in [-0.2, 0) is 0 Å². The van der Waals surface area contributed by atoms with Crippen molar-refractivity contribution in [2.45, 2.75) is 19.8 Å². The lowest BCUT2D eigenvalue weighted by molar-refractivity contribution is 0.155. The van der Waals surface area contributed by atoms with Crippen molar-refractivity contribution < 1.29 is 9.84 Å². The van der Waals surface area contributed by atoms with Crippen LogP contribution in [0.2, 0.25) is 5.02 Å². The molecule has 0 radical (unpaired) electrons. The molecule has 84 valence electrons. The van der Waals surface area contributed by atoms with Gasteiger partial charge in [-0.2, -0.15) is 0 Å². The number of hydrogen-bond acceptors (Lipinski definition) is 2. The van der Waals surface area contributed by atoms with Gasteiger partial charge in [0.1, 0.15) is 5.75 Å². The number of para-hydroxylation sites is 1. The molecule has 3 heteroatoms. The molecule has 0 aliphatic rings. The summed E-state index contributed by atoms with van der Waals surface area (Å²) in [5.74, 6) is 0.889. The maximum Gasteiger partial charge on any atom is 0.137 e. The normalized spacial score (nSPS) is 12.5. The van der Waals surface area contributed by atoms with Crippen LogP contribution in [-0.4, -0.2) is 18.3 Å². The fraction of sp³-hybridized carbons (Fsp3) is 0.500. The number of benzene rings is 1. The summed E-state index contributed by atoms with van der Waals surface area (Å²) in [5.41, 5.74) is 0. The Bertz CT molecular complexity index is 289. The molecule has 1 aromatic carbocycles. The molecule has 1 unspecified atom stereocenters. The molecule has 15 heavy (non-hydrogen) atoms. The van der Waals surface area contributed by atoms with Crippen molar-refractivity contribution in [3.8, 4) is 5.75 Å². The van der Waals surface area contributed by atoms with Crippen LogP contribution in [0.5, 0.6) is 5.75 Å². The van der Waals surface area contributed by atoms with Crippen molar-refractivity contribution in [3.63, 3.8) is 0 Å². The number of halogens is 1. The molecule has 0 spiro atoms. The SMILES string of the molecule is CCCC(CO)COc1ccccc1Cl. The fourth-order valence-electron chi connectivity index (χ4n) is 1.40. The van der Waals surface area contributed by atoms with Crippen molar-refractivity contribution in [3.05, 3.63) is 29.3 Å². The van der Waals surface area contributed by atoms with E-state index in [0.29, 0.717) is 17.4 Å². The summed E-state index contributed by atoms with van der Waals surface area (Å²) >= 11 is 5.94. The summed E-state index contributed by atoms with van der Waals surface area (Å²) in [6.45, 7) is 2.78. The zero-order valence-electron chi connectivity index (χ0n) is 8.95. The second-order valence-corrected chi connectivity index (χ2v) is 3.99. The van der Waals surface area contributed by atoms with Gasteiger partial charge in [0, 0.05) is 12.5 Å². The third-order valence-corrected chi connectivity index (χ3v) is 2.58. The Morgan fingerprint density at radius 1 is 1.40 bits per heavy atom. The monoisotopic (exact) mass is 228 g/mol. The summed E-state index contributed by atoms with van der Waals surface area (Å²) in [6.07, 6.45) is 2.03. The van der Waals surface area contributed by atoms with Crippen molar-refractivity contribution in [1.82, 2.24) is 0 Å². The summed E-state index contributed by atoms with van der Waals surface area (Å²) < 4.78 is 5.55. The van der Waals surface area contributed by atoms with Gasteiger partial charge in [0.15, 0.2) is 0 Å². The quantitative estimate of drug-likeness (QED) is 0.811. The van der Waals surface area contributed by atoms with E-state index in [-0.39, 0.29) is 12.5 Å². The predicted octanol–water partition coefficient (Wildman–Crippen LogP) is 3.13. The average molecular weight is 229 g/mol. The number of hydrogen-bond donors (Lipinski definition) is 1. The highest BCUT2D eigenvalue weighted by molar-refractivity contribution is 6.32. The van der Waals surface area contributed by atoms with Crippen LogP contribution in [0.15, 0.2) is 24.3 Å². The fourth-order valence-corrected chi connectivity index (χ4v) is 1.60. The minimum atomic E-state index is 0.165. The van der Waals surface area contributed by atoms with E-state index >= 15 is 0 Å². The van der Waals surface area contributed by atoms with E-state index in [4.69, 9.17) is 21.4 Å². The van der Waals surface area contributed by atoms with Gasteiger partial charge < -0.3 is 9.84 Å². The summed E-state index contributed by atoms with van der Waals surface area (Å²) in [5, 5.41) is 9.71. The summed E-state index contributed by atoms with van der Waals surface area (Å²) in [4.78, 5) is 0. The molecule has 2 nitrogen and oxygen atoms in total. The standard InChI is InChI=1S/C12H17ClO2/c1-2-5-10(8-14)9-15-12-7-4-3-6-11(12)13/h3-4,6-7,10,14H,2,5,8-9H2,1H3. The Morgan fingerprint density at radius 3 is 2.73 bits per heavy atom. The second kappa shape index (κ2) is 6.70. The van der Waals surface area contributed by atoms with E-state index in [2.05, 4.69) is 6.92 Å². The zero-order chi connectivity index (χ0) is 11.1. The Balaban J connectivity index is 2.45. The molecule has 0 bridgehead atoms. The average Bonchev–Trinajstić information content (AvgIpc) is 2.26. The molecular formula is C12H17ClO2. The maximum atomic E-state index is 9.09. The van der Waals surface area contributed by atoms with Gasteiger partial charge in [-0.1, -0.05) is 37.1 Å². The van der Waals surface area contributed by atoms with Gasteiger partial charge >= 0.3 is 0 Å². The van der Waals surface area contributed by atoms with Gasteiger partial charge in [0.2, 0.25) is 0 Å². The third-order valence-electron chi connectivity index (χ3n) is 2.27. The molecule has 1 aromatic rings. The molecule has 0 amide bonds. The molecule has 0 aliphatic carbocycles. The molecule has 0 saturated carbocycles. The molecular weight excluding hydrogens is 212 g/mol. The van der Waals surface area contributed by atoms with Crippen LogP contribution in [0.25, 0.3) is 0 Å². The molecule has 1 N–H and O–H groups in total. The first-order chi connectivity index (χ1) is 7.27. The lowest BCUT2D eigenvalue weighted by atomic mass is 10.1. The van der Waals surface area contributed by atoms with E-state index in [1.54, 1.807) is 6.07 Å². The Kier molecular flexibility index (Phi) is 5.51. The highest BCUT2D eigenvalue weighted by Gasteiger charge is 2.08. The van der Waals surface area contributed by atoms with Crippen molar-refractivity contribution >= 4 is 11.6 Å². The molecule has 1 rings (SSSR count). The summed E-state index contributed by atoms with van der Waals surface area (Å²) in [7, 11) is 0. The zero-order valence-corrected chi connectivity index (χ0v) is 9.70. The van der Waals surface area contributed by atoms with E-state index in [9.17, 15) is 0 Å². The first-order valence-electron chi connectivity index (χ1n) is 5.26. The lowest BCUT2D eigenvalue weighted by Gasteiger charge is -2.14. The van der Waals surface area contributed by atoms with Crippen molar-refractivity contribution in [2.75, 3.05) is 13.2 Å². The van der Waals surface area contributed by atoms with E-state index in [1.165, 1.54) is 0 Å². The lowest BCUT2D eigenvalue weighted by Crippen LogP contribution is -2.15. The molecule has 0 saturated heterocycles. The van der Waals surface area contributed by atoms with Crippen molar-refractivity contribution in [1.29, 1.82) is 0 Å². The van der Waals surface area contributed by atoms with E-state index in [1.807, 2.05) is 18.2 Å². The number of rotatable bonds is 6. The predicted molar refractivity (Wildman–Crippen MR) is 62.4 cm³/mol. The number of aliphatic hydroxyl groups is 1. The third kappa shape index (κ3) is 4.10. The van der Waals surface area contributed by atoms with Crippen LogP contribution in [0.1, 0.15) is 19.8 Å². The summed E-state index contributed by atoms with van der Waals surface area (Å²) in [6, 6.07) is 7.38. The smallest absolute Gasteiger partial charge is 0.137 e. The molecule has 0 heterocycles. The Morgan fingerprint density at radius 2 is 2.13 bits per heavy atom. The molecule has 0 aliphatic heterocycles. The minimum absolute atomic E-state index is 0.165. The highest BCUT2D eigenvalue weighted by atomic mass is 35.5. The largest absolute Gasteiger partial charge is 0.492 e. The van der Waals surface area contributed by atoms with Gasteiger partial charge in [0.05, 0.1) is 11.6 Å². The van der Waals surface area contributed by atoms with Crippen LogP contribution in [0, 0.1) is 5.92 Å². The maximum absolute atomic E-state index is 9.09. The Labute approximate surface area is 95.8 Å². The Hall–Kier alpha value is -0.730. The molecule has 0 aromatic heterocycles. The van der Waals surface area contributed by atoms with Crippen LogP contribution in [0.4, 0.5) is 0 Å². The second-order valence-electron chi connectivity index (χ2n) is 3.58. The topological polar surface area (TPSA) is 29.5 Å². The van der Waals surface area contributed by atoms with Crippen LogP contribution in [0.3, 0.4) is 0 Å². The minimum Gasteiger partial charge on any atom is -0.492 e. The van der Waals surface area contributed by atoms with Gasteiger partial charge in [-0.15, -0.1) is 0 Å². The first kappa shape index (κ1) is 12.3. The van der Waals surface area contributed by atoms with Gasteiger partial charge in [-0.25, -0.2) is 0 Å². The van der Waals surface area contributed by atoms with Gasteiger partial charge in [-0.3, -0.25) is 0 Å².